The molecule has 1 aromatic rings. The Morgan fingerprint density at radius 2 is 2.05 bits per heavy atom. The first-order valence-corrected chi connectivity index (χ1v) is 5.99. The summed E-state index contributed by atoms with van der Waals surface area (Å²) in [5, 5.41) is 9.27. The van der Waals surface area contributed by atoms with Crippen LogP contribution in [-0.2, 0) is 14.2 Å². The fraction of sp³-hybridized carbons (Fsp3) is 0.636. The third-order valence-electron chi connectivity index (χ3n) is 3.29. The molecule has 19 heavy (non-hydrogen) atoms. The molecule has 3 rings (SSSR count). The van der Waals surface area contributed by atoms with Gasteiger partial charge in [0.1, 0.15) is 18.3 Å². The lowest BCUT2D eigenvalue weighted by Gasteiger charge is -2.19. The molecule has 2 aliphatic rings. The van der Waals surface area contributed by atoms with Gasteiger partial charge in [-0.1, -0.05) is 0 Å². The van der Waals surface area contributed by atoms with E-state index in [0.29, 0.717) is 0 Å². The molecule has 2 aliphatic heterocycles. The van der Waals surface area contributed by atoms with Gasteiger partial charge in [0.05, 0.1) is 6.61 Å². The fourth-order valence-electron chi connectivity index (χ4n) is 2.49. The lowest BCUT2D eigenvalue weighted by Crippen LogP contribution is -2.36. The van der Waals surface area contributed by atoms with Crippen LogP contribution < -0.4 is 11.2 Å². The number of nitrogens with zero attached hydrogens (tertiary/aromatic N) is 1. The summed E-state index contributed by atoms with van der Waals surface area (Å²) in [6.45, 7) is 1.51. The zero-order valence-electron chi connectivity index (χ0n) is 10.2. The molecule has 0 spiro atoms. The van der Waals surface area contributed by atoms with Crippen LogP contribution in [0.2, 0.25) is 0 Å². The molecule has 0 aromatic carbocycles. The predicted octanol–water partition coefficient (Wildman–Crippen LogP) is -1.44. The number of hydrogen-bond acceptors (Lipinski definition) is 6. The topological polar surface area (TPSA) is 103 Å². The summed E-state index contributed by atoms with van der Waals surface area (Å²) in [6, 6.07) is 1.23. The fourth-order valence-corrected chi connectivity index (χ4v) is 2.49. The Kier molecular flexibility index (Phi) is 3.02. The molecular weight excluding hydrogens is 256 g/mol. The summed E-state index contributed by atoms with van der Waals surface area (Å²) >= 11 is 0. The zero-order chi connectivity index (χ0) is 13.6. The molecule has 2 saturated heterocycles. The van der Waals surface area contributed by atoms with Crippen molar-refractivity contribution in [3.8, 4) is 0 Å². The van der Waals surface area contributed by atoms with Crippen LogP contribution >= 0.6 is 0 Å². The highest BCUT2D eigenvalue weighted by atomic mass is 16.8. The number of ether oxygens (including phenoxy) is 3. The normalized spacial score (nSPS) is 37.5. The Labute approximate surface area is 107 Å². The van der Waals surface area contributed by atoms with Gasteiger partial charge in [-0.25, -0.2) is 4.79 Å². The van der Waals surface area contributed by atoms with Gasteiger partial charge in [-0.2, -0.15) is 0 Å². The van der Waals surface area contributed by atoms with Crippen molar-refractivity contribution in [2.24, 2.45) is 0 Å². The number of aromatic amines is 1. The molecule has 2 fully saturated rings. The molecular formula is C11H14N2O6. The number of aliphatic hydroxyl groups excluding tert-OH is 1. The van der Waals surface area contributed by atoms with E-state index in [1.165, 1.54) is 16.8 Å². The van der Waals surface area contributed by atoms with Gasteiger partial charge in [-0.3, -0.25) is 14.3 Å². The van der Waals surface area contributed by atoms with E-state index in [1.807, 2.05) is 0 Å². The van der Waals surface area contributed by atoms with Crippen LogP contribution in [0.25, 0.3) is 0 Å². The molecule has 8 heteroatoms. The summed E-state index contributed by atoms with van der Waals surface area (Å²) in [6.07, 6.45) is -1.28. The maximum Gasteiger partial charge on any atom is 0.330 e. The quantitative estimate of drug-likeness (QED) is 0.682. The van der Waals surface area contributed by atoms with E-state index in [4.69, 9.17) is 14.2 Å². The number of nitrogens with one attached hydrogen (secondary N) is 1. The van der Waals surface area contributed by atoms with Crippen LogP contribution in [-0.4, -0.2) is 45.9 Å². The summed E-state index contributed by atoms with van der Waals surface area (Å²) in [5.74, 6) is 0. The molecule has 0 saturated carbocycles. The summed E-state index contributed by atoms with van der Waals surface area (Å²) < 4.78 is 17.9. The van der Waals surface area contributed by atoms with Crippen LogP contribution in [0.5, 0.6) is 0 Å². The molecule has 104 valence electrons. The van der Waals surface area contributed by atoms with Gasteiger partial charge in [0.15, 0.2) is 12.5 Å². The SMILES string of the molecule is CC1O[C@@H]2[C@H](O1)[C@@H](CO)O[C@H]2n1ccc(=O)[nH]c1=O. The van der Waals surface area contributed by atoms with Gasteiger partial charge in [-0.05, 0) is 6.92 Å². The van der Waals surface area contributed by atoms with E-state index in [2.05, 4.69) is 4.98 Å². The molecule has 1 unspecified atom stereocenters. The number of aliphatic hydroxyl groups is 1. The number of H-pyrrole nitrogens is 1. The van der Waals surface area contributed by atoms with E-state index >= 15 is 0 Å². The summed E-state index contributed by atoms with van der Waals surface area (Å²) in [4.78, 5) is 25.0. The Morgan fingerprint density at radius 3 is 2.74 bits per heavy atom. The highest BCUT2D eigenvalue weighted by molar-refractivity contribution is 4.96. The van der Waals surface area contributed by atoms with Crippen molar-refractivity contribution in [3.05, 3.63) is 33.1 Å². The van der Waals surface area contributed by atoms with Crippen LogP contribution in [0.15, 0.2) is 21.9 Å². The first kappa shape index (κ1) is 12.5. The van der Waals surface area contributed by atoms with Crippen LogP contribution in [0.1, 0.15) is 13.2 Å². The van der Waals surface area contributed by atoms with Gasteiger partial charge in [0, 0.05) is 12.3 Å². The Bertz CT molecular complexity index is 581. The first-order chi connectivity index (χ1) is 9.10. The van der Waals surface area contributed by atoms with Gasteiger partial charge in [0.2, 0.25) is 0 Å². The molecule has 8 nitrogen and oxygen atoms in total. The molecule has 0 bridgehead atoms. The third-order valence-corrected chi connectivity index (χ3v) is 3.29. The lowest BCUT2D eigenvalue weighted by molar-refractivity contribution is -0.145. The minimum absolute atomic E-state index is 0.230. The van der Waals surface area contributed by atoms with Crippen LogP contribution in [0, 0.1) is 0 Å². The van der Waals surface area contributed by atoms with Gasteiger partial charge in [-0.15, -0.1) is 0 Å². The standard InChI is InChI=1S/C11H14N2O6/c1-5-17-8-6(4-14)19-10(9(8)18-5)13-3-2-7(15)12-11(13)16/h2-3,5-6,8-10,14H,4H2,1H3,(H,12,15,16)/t5?,6-,8-,9-,10-/m1/s1. The Hall–Kier alpha value is -1.48. The minimum atomic E-state index is -0.726. The maximum absolute atomic E-state index is 11.8. The van der Waals surface area contributed by atoms with Gasteiger partial charge >= 0.3 is 5.69 Å². The third kappa shape index (κ3) is 2.02. The second-order valence-corrected chi connectivity index (χ2v) is 4.53. The van der Waals surface area contributed by atoms with Gasteiger partial charge in [0.25, 0.3) is 5.56 Å². The monoisotopic (exact) mass is 270 g/mol. The van der Waals surface area contributed by atoms with Gasteiger partial charge < -0.3 is 19.3 Å². The molecule has 3 heterocycles. The predicted molar refractivity (Wildman–Crippen MR) is 61.5 cm³/mol. The van der Waals surface area contributed by atoms with Crippen molar-refractivity contribution in [2.75, 3.05) is 6.61 Å². The van der Waals surface area contributed by atoms with Crippen molar-refractivity contribution in [1.82, 2.24) is 9.55 Å². The number of hydrogen-bond donors (Lipinski definition) is 2. The van der Waals surface area contributed by atoms with Crippen molar-refractivity contribution in [2.45, 2.75) is 37.8 Å². The van der Waals surface area contributed by atoms with E-state index in [1.54, 1.807) is 6.92 Å². The Morgan fingerprint density at radius 1 is 1.32 bits per heavy atom. The van der Waals surface area contributed by atoms with E-state index < -0.39 is 42.1 Å². The Balaban J connectivity index is 1.96. The number of rotatable bonds is 2. The molecule has 2 N–H and O–H groups in total. The van der Waals surface area contributed by atoms with Crippen molar-refractivity contribution in [3.63, 3.8) is 0 Å². The van der Waals surface area contributed by atoms with Crippen molar-refractivity contribution in [1.29, 1.82) is 0 Å². The largest absolute Gasteiger partial charge is 0.394 e. The molecule has 1 aromatic heterocycles. The smallest absolute Gasteiger partial charge is 0.330 e. The van der Waals surface area contributed by atoms with Crippen LogP contribution in [0.3, 0.4) is 0 Å². The van der Waals surface area contributed by atoms with Crippen LogP contribution in [0.4, 0.5) is 0 Å². The number of aromatic nitrogens is 2. The molecule has 0 aliphatic carbocycles. The zero-order valence-corrected chi connectivity index (χ0v) is 10.2. The second-order valence-electron chi connectivity index (χ2n) is 4.53. The van der Waals surface area contributed by atoms with Crippen molar-refractivity contribution >= 4 is 0 Å². The first-order valence-electron chi connectivity index (χ1n) is 5.99. The van der Waals surface area contributed by atoms with Crippen molar-refractivity contribution < 1.29 is 19.3 Å². The molecule has 0 amide bonds. The summed E-state index contributed by atoms with van der Waals surface area (Å²) in [5.41, 5.74) is -1.07. The average molecular weight is 270 g/mol. The van der Waals surface area contributed by atoms with E-state index in [9.17, 15) is 14.7 Å². The van der Waals surface area contributed by atoms with E-state index in [-0.39, 0.29) is 6.61 Å². The average Bonchev–Trinajstić information content (AvgIpc) is 2.87. The molecule has 5 atom stereocenters. The maximum atomic E-state index is 11.8. The highest BCUT2D eigenvalue weighted by Gasteiger charge is 2.52. The minimum Gasteiger partial charge on any atom is -0.394 e. The van der Waals surface area contributed by atoms with E-state index in [0.717, 1.165) is 0 Å². The summed E-state index contributed by atoms with van der Waals surface area (Å²) in [7, 11) is 0. The second kappa shape index (κ2) is 4.57. The lowest BCUT2D eigenvalue weighted by atomic mass is 10.1. The molecule has 0 radical (unpaired) electrons. The number of fused-ring (bicyclic) bond motifs is 1. The highest BCUT2D eigenvalue weighted by Crippen LogP contribution is 2.38.